The van der Waals surface area contributed by atoms with Crippen LogP contribution in [0.15, 0.2) is 24.3 Å². The van der Waals surface area contributed by atoms with Crippen LogP contribution in [0.4, 0.5) is 0 Å². The Morgan fingerprint density at radius 3 is 2.10 bits per heavy atom. The van der Waals surface area contributed by atoms with Crippen LogP contribution in [-0.4, -0.2) is 5.78 Å². The van der Waals surface area contributed by atoms with Crippen LogP contribution in [0.25, 0.3) is 0 Å². The smallest absolute Gasteiger partial charge is 0.140 e. The van der Waals surface area contributed by atoms with Crippen molar-refractivity contribution in [1.82, 2.24) is 0 Å². The quantitative estimate of drug-likeness (QED) is 0.610. The monoisotopic (exact) mass is 274 g/mol. The fourth-order valence-corrected chi connectivity index (χ4v) is 4.82. The topological polar surface area (TPSA) is 17.1 Å². The minimum atomic E-state index is 0.105. The van der Waals surface area contributed by atoms with E-state index in [2.05, 4.69) is 27.0 Å². The van der Waals surface area contributed by atoms with Crippen LogP contribution in [0.1, 0.15) is 59.8 Å². The lowest BCUT2D eigenvalue weighted by atomic mass is 9.64. The van der Waals surface area contributed by atoms with Crippen molar-refractivity contribution in [1.29, 1.82) is 0 Å². The Morgan fingerprint density at radius 2 is 1.70 bits per heavy atom. The SMILES string of the molecule is C=C(C)CC(CC(=C)C)C(=O)C1C2CCC(C2)C1(C)C. The lowest BCUT2D eigenvalue weighted by Gasteiger charge is -2.39. The highest BCUT2D eigenvalue weighted by Crippen LogP contribution is 2.60. The maximum absolute atomic E-state index is 13.1. The first-order valence-electron chi connectivity index (χ1n) is 8.06. The average Bonchev–Trinajstić information content (AvgIpc) is 2.84. The minimum absolute atomic E-state index is 0.105. The molecule has 0 saturated heterocycles. The number of fused-ring (bicyclic) bond motifs is 2. The fraction of sp³-hybridized carbons (Fsp3) is 0.737. The molecular formula is C19H30O. The maximum Gasteiger partial charge on any atom is 0.140 e. The number of ketones is 1. The molecule has 20 heavy (non-hydrogen) atoms. The number of allylic oxidation sites excluding steroid dienone is 2. The van der Waals surface area contributed by atoms with Crippen LogP contribution in [0.3, 0.4) is 0 Å². The van der Waals surface area contributed by atoms with Crippen molar-refractivity contribution in [3.63, 3.8) is 0 Å². The van der Waals surface area contributed by atoms with Crippen LogP contribution in [-0.2, 0) is 4.79 Å². The van der Waals surface area contributed by atoms with Crippen molar-refractivity contribution in [2.24, 2.45) is 29.1 Å². The van der Waals surface area contributed by atoms with Gasteiger partial charge in [0, 0.05) is 11.8 Å². The van der Waals surface area contributed by atoms with E-state index >= 15 is 0 Å². The van der Waals surface area contributed by atoms with Crippen molar-refractivity contribution in [2.45, 2.75) is 59.8 Å². The molecule has 2 aliphatic carbocycles. The Bertz CT molecular complexity index is 413. The first kappa shape index (κ1) is 15.5. The number of hydrogen-bond donors (Lipinski definition) is 0. The highest BCUT2D eigenvalue weighted by molar-refractivity contribution is 5.85. The molecule has 0 aromatic heterocycles. The van der Waals surface area contributed by atoms with Gasteiger partial charge in [-0.3, -0.25) is 4.79 Å². The largest absolute Gasteiger partial charge is 0.299 e. The van der Waals surface area contributed by atoms with Crippen molar-refractivity contribution < 1.29 is 4.79 Å². The summed E-state index contributed by atoms with van der Waals surface area (Å²) in [5.41, 5.74) is 2.43. The Hall–Kier alpha value is -0.850. The molecule has 2 rings (SSSR count). The third-order valence-electron chi connectivity index (χ3n) is 5.70. The third kappa shape index (κ3) is 2.77. The molecule has 2 aliphatic rings. The second kappa shape index (κ2) is 5.50. The number of hydrogen-bond acceptors (Lipinski definition) is 1. The van der Waals surface area contributed by atoms with Gasteiger partial charge in [-0.2, -0.15) is 0 Å². The molecule has 2 fully saturated rings. The summed E-state index contributed by atoms with van der Waals surface area (Å²) < 4.78 is 0. The van der Waals surface area contributed by atoms with Crippen molar-refractivity contribution in [3.8, 4) is 0 Å². The predicted octanol–water partition coefficient (Wildman–Crippen LogP) is 5.18. The van der Waals surface area contributed by atoms with Gasteiger partial charge in [-0.15, -0.1) is 13.2 Å². The van der Waals surface area contributed by atoms with Gasteiger partial charge < -0.3 is 0 Å². The molecule has 0 aliphatic heterocycles. The number of rotatable bonds is 6. The summed E-state index contributed by atoms with van der Waals surface area (Å²) in [6.45, 7) is 16.7. The predicted molar refractivity (Wildman–Crippen MR) is 85.5 cm³/mol. The zero-order valence-corrected chi connectivity index (χ0v) is 13.7. The van der Waals surface area contributed by atoms with Gasteiger partial charge in [0.05, 0.1) is 0 Å². The molecule has 0 spiro atoms. The first-order chi connectivity index (χ1) is 9.23. The third-order valence-corrected chi connectivity index (χ3v) is 5.70. The van der Waals surface area contributed by atoms with Gasteiger partial charge in [0.1, 0.15) is 5.78 Å². The second-order valence-electron chi connectivity index (χ2n) is 7.99. The molecule has 0 heterocycles. The Balaban J connectivity index is 2.18. The lowest BCUT2D eigenvalue weighted by molar-refractivity contribution is -0.132. The molecule has 1 nitrogen and oxygen atoms in total. The van der Waals surface area contributed by atoms with Gasteiger partial charge in [-0.05, 0) is 63.2 Å². The normalized spacial score (nSPS) is 30.8. The molecule has 1 heteroatoms. The highest BCUT2D eigenvalue weighted by atomic mass is 16.1. The number of Topliss-reactive ketones (excluding diaryl/α,β-unsaturated/α-hetero) is 1. The molecule has 2 bridgehead atoms. The van der Waals surface area contributed by atoms with Crippen LogP contribution in [0.5, 0.6) is 0 Å². The maximum atomic E-state index is 13.1. The van der Waals surface area contributed by atoms with E-state index < -0.39 is 0 Å². The zero-order valence-electron chi connectivity index (χ0n) is 13.7. The van der Waals surface area contributed by atoms with E-state index in [-0.39, 0.29) is 17.3 Å². The highest BCUT2D eigenvalue weighted by Gasteiger charge is 2.56. The summed E-state index contributed by atoms with van der Waals surface area (Å²) in [4.78, 5) is 13.1. The van der Waals surface area contributed by atoms with Crippen LogP contribution in [0.2, 0.25) is 0 Å². The van der Waals surface area contributed by atoms with Gasteiger partial charge in [-0.25, -0.2) is 0 Å². The summed E-state index contributed by atoms with van der Waals surface area (Å²) in [6, 6.07) is 0. The number of carbonyl (C=O) groups excluding carboxylic acids is 1. The van der Waals surface area contributed by atoms with Crippen LogP contribution >= 0.6 is 0 Å². The van der Waals surface area contributed by atoms with E-state index in [0.717, 1.165) is 29.9 Å². The summed E-state index contributed by atoms with van der Waals surface area (Å²) >= 11 is 0. The van der Waals surface area contributed by atoms with E-state index in [4.69, 9.17) is 0 Å². The Kier molecular flexibility index (Phi) is 4.27. The summed E-state index contributed by atoms with van der Waals surface area (Å²) in [5, 5.41) is 0. The van der Waals surface area contributed by atoms with Crippen LogP contribution < -0.4 is 0 Å². The Morgan fingerprint density at radius 1 is 1.15 bits per heavy atom. The van der Waals surface area contributed by atoms with E-state index in [0.29, 0.717) is 11.7 Å². The fourth-order valence-electron chi connectivity index (χ4n) is 4.82. The van der Waals surface area contributed by atoms with Gasteiger partial charge in [-0.1, -0.05) is 25.0 Å². The van der Waals surface area contributed by atoms with E-state index in [1.54, 1.807) is 0 Å². The number of carbonyl (C=O) groups is 1. The van der Waals surface area contributed by atoms with E-state index in [9.17, 15) is 4.79 Å². The van der Waals surface area contributed by atoms with E-state index in [1.807, 2.05) is 13.8 Å². The second-order valence-corrected chi connectivity index (χ2v) is 7.99. The van der Waals surface area contributed by atoms with Gasteiger partial charge in [0.2, 0.25) is 0 Å². The average molecular weight is 274 g/mol. The molecular weight excluding hydrogens is 244 g/mol. The summed E-state index contributed by atoms with van der Waals surface area (Å²) in [7, 11) is 0. The van der Waals surface area contributed by atoms with Gasteiger partial charge in [0.15, 0.2) is 0 Å². The summed E-state index contributed by atoms with van der Waals surface area (Å²) in [6.07, 6.45) is 5.52. The van der Waals surface area contributed by atoms with Crippen molar-refractivity contribution >= 4 is 5.78 Å². The molecule has 3 unspecified atom stereocenters. The van der Waals surface area contributed by atoms with Gasteiger partial charge >= 0.3 is 0 Å². The molecule has 3 atom stereocenters. The molecule has 0 aromatic carbocycles. The van der Waals surface area contributed by atoms with Crippen LogP contribution in [0, 0.1) is 29.1 Å². The summed E-state index contributed by atoms with van der Waals surface area (Å²) in [5.74, 6) is 2.27. The van der Waals surface area contributed by atoms with Gasteiger partial charge in [0.25, 0.3) is 0 Å². The first-order valence-corrected chi connectivity index (χ1v) is 8.06. The molecule has 0 amide bonds. The van der Waals surface area contributed by atoms with Crippen molar-refractivity contribution in [2.75, 3.05) is 0 Å². The molecule has 0 aromatic rings. The molecule has 112 valence electrons. The lowest BCUT2D eigenvalue weighted by Crippen LogP contribution is -2.39. The molecule has 0 N–H and O–H groups in total. The molecule has 0 radical (unpaired) electrons. The Labute approximate surface area is 124 Å². The zero-order chi connectivity index (χ0) is 15.1. The minimum Gasteiger partial charge on any atom is -0.299 e. The van der Waals surface area contributed by atoms with E-state index in [1.165, 1.54) is 19.3 Å². The standard InChI is InChI=1S/C19H30O/c1-12(2)9-15(10-13(3)4)18(20)17-14-7-8-16(11-14)19(17,5)6/h14-17H,1,3,7-11H2,2,4-6H3. The molecule has 2 saturated carbocycles. The van der Waals surface area contributed by atoms with Crippen molar-refractivity contribution in [3.05, 3.63) is 24.3 Å².